The van der Waals surface area contributed by atoms with Crippen molar-refractivity contribution in [3.8, 4) is 0 Å². The fourth-order valence-electron chi connectivity index (χ4n) is 3.60. The van der Waals surface area contributed by atoms with E-state index < -0.39 is 48.4 Å². The third-order valence-corrected chi connectivity index (χ3v) is 12.2. The van der Waals surface area contributed by atoms with Gasteiger partial charge in [-0.25, -0.2) is 13.7 Å². The molecule has 0 aromatic carbocycles. The van der Waals surface area contributed by atoms with Crippen molar-refractivity contribution in [2.24, 2.45) is 5.11 Å². The second-order valence-corrected chi connectivity index (χ2v) is 17.1. The van der Waals surface area contributed by atoms with E-state index in [1.807, 2.05) is 56.4 Å². The van der Waals surface area contributed by atoms with Gasteiger partial charge in [0.25, 0.3) is 0 Å². The number of carbonyl (C=O) groups excluding carboxylic acids is 1. The van der Waals surface area contributed by atoms with Gasteiger partial charge < -0.3 is 34.4 Å². The summed E-state index contributed by atoms with van der Waals surface area (Å²) in [4.78, 5) is 51.4. The number of rotatable bonds is 19. The molecule has 0 saturated carbocycles. The highest BCUT2D eigenvalue weighted by Gasteiger charge is 2.43. The SMILES string of the molecule is CC(C)(CNC(=O)CCCN=[N+]=[N-])SSCOC1C[C@H](C2=C/C=C\C=C/C=C\2)O[C@@H]1COP(=O)(O)OP(=O)(O)OP(=O)(O)O. The highest BCUT2D eigenvalue weighted by Crippen LogP contribution is 2.66. The van der Waals surface area contributed by atoms with Crippen molar-refractivity contribution in [2.45, 2.75) is 56.2 Å². The average Bonchev–Trinajstić information content (AvgIpc) is 3.27. The van der Waals surface area contributed by atoms with Gasteiger partial charge in [0.05, 0.1) is 18.8 Å². The van der Waals surface area contributed by atoms with E-state index in [4.69, 9.17) is 29.3 Å². The van der Waals surface area contributed by atoms with Crippen LogP contribution in [0.25, 0.3) is 10.4 Å². The molecule has 0 spiro atoms. The fourth-order valence-corrected chi connectivity index (χ4v) is 8.81. The van der Waals surface area contributed by atoms with E-state index in [0.29, 0.717) is 19.4 Å². The third-order valence-electron chi connectivity index (χ3n) is 5.46. The second-order valence-electron chi connectivity index (χ2n) is 9.70. The van der Waals surface area contributed by atoms with E-state index in [9.17, 15) is 28.3 Å². The van der Waals surface area contributed by atoms with Crippen LogP contribution in [0.2, 0.25) is 0 Å². The molecule has 0 radical (unpaired) electrons. The zero-order valence-corrected chi connectivity index (χ0v) is 28.0. The van der Waals surface area contributed by atoms with E-state index in [1.54, 1.807) is 0 Å². The number of carbonyl (C=O) groups is 1. The van der Waals surface area contributed by atoms with Crippen molar-refractivity contribution in [2.75, 3.05) is 25.6 Å². The Kier molecular flexibility index (Phi) is 16.1. The van der Waals surface area contributed by atoms with Gasteiger partial charge in [-0.1, -0.05) is 69.2 Å². The highest BCUT2D eigenvalue weighted by molar-refractivity contribution is 8.77. The molecule has 0 aromatic heterocycles. The van der Waals surface area contributed by atoms with Gasteiger partial charge >= 0.3 is 23.5 Å². The van der Waals surface area contributed by atoms with Crippen molar-refractivity contribution < 1.29 is 60.7 Å². The fraction of sp³-hybridized carbons (Fsp3) is 0.591. The molecule has 1 amide bonds. The summed E-state index contributed by atoms with van der Waals surface area (Å²) < 4.78 is 58.8. The molecule has 5 N–H and O–H groups in total. The monoisotopic (exact) mass is 720 g/mol. The van der Waals surface area contributed by atoms with Gasteiger partial charge in [-0.3, -0.25) is 9.32 Å². The van der Waals surface area contributed by atoms with Gasteiger partial charge in [0, 0.05) is 35.6 Å². The number of amides is 1. The predicted octanol–water partition coefficient (Wildman–Crippen LogP) is 4.81. The van der Waals surface area contributed by atoms with Crippen LogP contribution in [0.3, 0.4) is 0 Å². The standard InChI is InChI=1S/C22H35N4O13P3S2/c1-22(2,15-24-21(27)11-8-12-25-26-23)44-43-16-35-19-13-18(17-9-6-4-3-5-7-10-17)37-20(19)14-36-41(31,32)39-42(33,34)38-40(28,29)30/h3-7,9-10,18-20H,8,11-16H2,1-2H3,(H,24,27)(H,31,32)(H,33,34)(H2,28,29,30)/b4-3-,5-3?,6-4?,7-5-,9-6-,10-7?,17-9?,17-10+/t18-,19?,20-/m1/s1. The number of hydrogen-bond donors (Lipinski definition) is 5. The van der Waals surface area contributed by atoms with Crippen molar-refractivity contribution in [3.05, 3.63) is 58.5 Å². The molecule has 3 unspecified atom stereocenters. The molecule has 1 aliphatic heterocycles. The lowest BCUT2D eigenvalue weighted by Gasteiger charge is -2.24. The van der Waals surface area contributed by atoms with Crippen LogP contribution >= 0.6 is 45.1 Å². The Hall–Kier alpha value is -1.23. The first-order chi connectivity index (χ1) is 20.5. The minimum absolute atomic E-state index is 0.151. The number of phosphoric ester groups is 1. The van der Waals surface area contributed by atoms with Gasteiger partial charge in [0.15, 0.2) is 0 Å². The van der Waals surface area contributed by atoms with E-state index in [0.717, 1.165) is 5.57 Å². The van der Waals surface area contributed by atoms with Crippen molar-refractivity contribution >= 4 is 51.0 Å². The molecule has 1 fully saturated rings. The van der Waals surface area contributed by atoms with Crippen LogP contribution in [0, 0.1) is 0 Å². The molecule has 17 nitrogen and oxygen atoms in total. The number of nitrogens with one attached hydrogen (secondary N) is 1. The number of phosphoric acid groups is 3. The van der Waals surface area contributed by atoms with E-state index in [-0.39, 0.29) is 29.6 Å². The lowest BCUT2D eigenvalue weighted by atomic mass is 10.0. The van der Waals surface area contributed by atoms with E-state index in [2.05, 4.69) is 24.0 Å². The number of azide groups is 1. The first-order valence-corrected chi connectivity index (χ1v) is 19.7. The summed E-state index contributed by atoms with van der Waals surface area (Å²) in [5.41, 5.74) is 9.07. The van der Waals surface area contributed by atoms with Crippen LogP contribution < -0.4 is 5.32 Å². The summed E-state index contributed by atoms with van der Waals surface area (Å²) in [5.74, 6) is -0.0120. The predicted molar refractivity (Wildman–Crippen MR) is 164 cm³/mol. The van der Waals surface area contributed by atoms with E-state index in [1.165, 1.54) is 21.6 Å². The Balaban J connectivity index is 1.97. The molecule has 5 atom stereocenters. The molecule has 0 aromatic rings. The topological polar surface area (TPSA) is 256 Å². The summed E-state index contributed by atoms with van der Waals surface area (Å²) in [6.07, 6.45) is 11.6. The zero-order valence-electron chi connectivity index (χ0n) is 23.7. The largest absolute Gasteiger partial charge is 0.490 e. The quantitative estimate of drug-likeness (QED) is 0.0228. The van der Waals surface area contributed by atoms with Crippen LogP contribution in [0.15, 0.2) is 53.2 Å². The molecule has 248 valence electrons. The molecule has 2 rings (SSSR count). The maximum absolute atomic E-state index is 12.3. The molecule has 2 aliphatic rings. The van der Waals surface area contributed by atoms with Crippen molar-refractivity contribution in [1.29, 1.82) is 0 Å². The molecular weight excluding hydrogens is 685 g/mol. The van der Waals surface area contributed by atoms with Crippen LogP contribution in [0.1, 0.15) is 33.1 Å². The van der Waals surface area contributed by atoms with Gasteiger partial charge in [0.1, 0.15) is 12.0 Å². The zero-order chi connectivity index (χ0) is 32.9. The first kappa shape index (κ1) is 39.0. The van der Waals surface area contributed by atoms with Crippen LogP contribution in [0.4, 0.5) is 0 Å². The number of allylic oxidation sites excluding steroid dienone is 6. The molecule has 1 heterocycles. The summed E-state index contributed by atoms with van der Waals surface area (Å²) in [7, 11) is -13.7. The summed E-state index contributed by atoms with van der Waals surface area (Å²) >= 11 is 0. The molecule has 1 saturated heterocycles. The number of ether oxygens (including phenoxy) is 2. The normalized spacial score (nSPS) is 26.5. The lowest BCUT2D eigenvalue weighted by Crippen LogP contribution is -2.35. The minimum Gasteiger partial charge on any atom is -0.365 e. The Bertz CT molecular complexity index is 1300. The Labute approximate surface area is 262 Å². The van der Waals surface area contributed by atoms with Crippen molar-refractivity contribution in [1.82, 2.24) is 5.32 Å². The maximum atomic E-state index is 12.3. The second kappa shape index (κ2) is 18.2. The molecule has 44 heavy (non-hydrogen) atoms. The average molecular weight is 721 g/mol. The smallest absolute Gasteiger partial charge is 0.365 e. The minimum atomic E-state index is -5.67. The van der Waals surface area contributed by atoms with Crippen LogP contribution in [-0.4, -0.2) is 74.2 Å². The van der Waals surface area contributed by atoms with Crippen LogP contribution in [0.5, 0.6) is 0 Å². The Morgan fingerprint density at radius 1 is 1.14 bits per heavy atom. The molecular formula is C22H35N4O13P3S2. The third kappa shape index (κ3) is 16.4. The first-order valence-electron chi connectivity index (χ1n) is 12.9. The molecule has 22 heteroatoms. The van der Waals surface area contributed by atoms with Gasteiger partial charge in [-0.15, -0.1) is 0 Å². The summed E-state index contributed by atoms with van der Waals surface area (Å²) in [6.45, 7) is 3.82. The maximum Gasteiger partial charge on any atom is 0.490 e. The molecule has 1 aliphatic carbocycles. The van der Waals surface area contributed by atoms with Crippen LogP contribution in [-0.2, 0) is 41.1 Å². The summed E-state index contributed by atoms with van der Waals surface area (Å²) in [5, 5.41) is 6.23. The lowest BCUT2D eigenvalue weighted by molar-refractivity contribution is -0.121. The van der Waals surface area contributed by atoms with Gasteiger partial charge in [-0.2, -0.15) is 8.62 Å². The van der Waals surface area contributed by atoms with E-state index >= 15 is 0 Å². The number of hydrogen-bond acceptors (Lipinski definition) is 12. The van der Waals surface area contributed by atoms with Gasteiger partial charge in [0.2, 0.25) is 5.91 Å². The van der Waals surface area contributed by atoms with Gasteiger partial charge in [-0.05, 0) is 31.4 Å². The van der Waals surface area contributed by atoms with Crippen molar-refractivity contribution in [3.63, 3.8) is 0 Å². The highest BCUT2D eigenvalue weighted by atomic mass is 33.1. The molecule has 0 bridgehead atoms. The summed E-state index contributed by atoms with van der Waals surface area (Å²) in [6, 6.07) is 0. The number of nitrogens with zero attached hydrogens (tertiary/aromatic N) is 3. The Morgan fingerprint density at radius 2 is 1.84 bits per heavy atom. The Morgan fingerprint density at radius 3 is 2.55 bits per heavy atom.